The van der Waals surface area contributed by atoms with Crippen LogP contribution in [0.5, 0.6) is 11.5 Å². The van der Waals surface area contributed by atoms with Crippen LogP contribution in [0.1, 0.15) is 26.3 Å². The van der Waals surface area contributed by atoms with Crippen molar-refractivity contribution < 1.29 is 9.47 Å². The summed E-state index contributed by atoms with van der Waals surface area (Å²) in [5.74, 6) is 1.62. The second-order valence-corrected chi connectivity index (χ2v) is 6.46. The molecule has 0 aliphatic carbocycles. The summed E-state index contributed by atoms with van der Waals surface area (Å²) in [6, 6.07) is 5.87. The predicted molar refractivity (Wildman–Crippen MR) is 72.4 cm³/mol. The lowest BCUT2D eigenvalue weighted by molar-refractivity contribution is 0.171. The van der Waals surface area contributed by atoms with E-state index in [9.17, 15) is 0 Å². The van der Waals surface area contributed by atoms with Gasteiger partial charge in [-0.1, -0.05) is 0 Å². The molecule has 1 aliphatic heterocycles. The van der Waals surface area contributed by atoms with Crippen LogP contribution in [-0.4, -0.2) is 24.2 Å². The lowest BCUT2D eigenvalue weighted by Gasteiger charge is -2.18. The molecule has 1 aromatic carbocycles. The SMILES string of the molecule is CC(C)(C)S/N=C/c1ccc2c(c1)OCCO2. The monoisotopic (exact) mass is 251 g/mol. The van der Waals surface area contributed by atoms with Crippen LogP contribution < -0.4 is 9.47 Å². The van der Waals surface area contributed by atoms with Crippen LogP contribution in [0.15, 0.2) is 22.6 Å². The average Bonchev–Trinajstić information content (AvgIpc) is 2.27. The third kappa shape index (κ3) is 3.66. The molecule has 0 saturated heterocycles. The van der Waals surface area contributed by atoms with Crippen LogP contribution in [0.2, 0.25) is 0 Å². The third-order valence-electron chi connectivity index (χ3n) is 2.09. The van der Waals surface area contributed by atoms with Gasteiger partial charge >= 0.3 is 0 Å². The van der Waals surface area contributed by atoms with E-state index in [0.717, 1.165) is 17.1 Å². The average molecular weight is 251 g/mol. The summed E-state index contributed by atoms with van der Waals surface area (Å²) < 4.78 is 15.5. The van der Waals surface area contributed by atoms with Gasteiger partial charge in [0, 0.05) is 11.0 Å². The minimum absolute atomic E-state index is 0.143. The number of benzene rings is 1. The molecule has 1 aromatic rings. The summed E-state index contributed by atoms with van der Waals surface area (Å²) in [6.45, 7) is 7.65. The second-order valence-electron chi connectivity index (χ2n) is 4.84. The fourth-order valence-electron chi connectivity index (χ4n) is 1.39. The smallest absolute Gasteiger partial charge is 0.162 e. The van der Waals surface area contributed by atoms with Gasteiger partial charge in [-0.25, -0.2) is 4.40 Å². The molecular formula is C13H17NO2S. The van der Waals surface area contributed by atoms with Crippen molar-refractivity contribution in [3.05, 3.63) is 23.8 Å². The van der Waals surface area contributed by atoms with Crippen molar-refractivity contribution in [2.75, 3.05) is 13.2 Å². The van der Waals surface area contributed by atoms with E-state index in [0.29, 0.717) is 13.2 Å². The minimum atomic E-state index is 0.143. The first-order chi connectivity index (χ1) is 8.04. The highest BCUT2D eigenvalue weighted by atomic mass is 32.2. The number of rotatable bonds is 2. The number of ether oxygens (including phenoxy) is 2. The van der Waals surface area contributed by atoms with Gasteiger partial charge < -0.3 is 9.47 Å². The van der Waals surface area contributed by atoms with Crippen molar-refractivity contribution in [3.63, 3.8) is 0 Å². The zero-order valence-electron chi connectivity index (χ0n) is 10.4. The maximum Gasteiger partial charge on any atom is 0.162 e. The third-order valence-corrected chi connectivity index (χ3v) is 2.85. The van der Waals surface area contributed by atoms with Gasteiger partial charge in [0.05, 0.1) is 0 Å². The van der Waals surface area contributed by atoms with Gasteiger partial charge in [-0.05, 0) is 56.5 Å². The molecule has 92 valence electrons. The largest absolute Gasteiger partial charge is 0.486 e. The quantitative estimate of drug-likeness (QED) is 0.596. The Labute approximate surface area is 106 Å². The van der Waals surface area contributed by atoms with E-state index >= 15 is 0 Å². The van der Waals surface area contributed by atoms with E-state index in [1.54, 1.807) is 11.9 Å². The molecular weight excluding hydrogens is 234 g/mol. The molecule has 0 saturated carbocycles. The van der Waals surface area contributed by atoms with Gasteiger partial charge in [0.2, 0.25) is 0 Å². The Morgan fingerprint density at radius 1 is 1.18 bits per heavy atom. The van der Waals surface area contributed by atoms with E-state index in [1.165, 1.54) is 0 Å². The maximum atomic E-state index is 5.52. The molecule has 3 nitrogen and oxygen atoms in total. The Balaban J connectivity index is 2.07. The van der Waals surface area contributed by atoms with E-state index < -0.39 is 0 Å². The molecule has 0 aromatic heterocycles. The molecule has 0 atom stereocenters. The number of hydrogen-bond donors (Lipinski definition) is 0. The topological polar surface area (TPSA) is 30.8 Å². The summed E-state index contributed by atoms with van der Waals surface area (Å²) >= 11 is 1.56. The Kier molecular flexibility index (Phi) is 3.62. The molecule has 0 bridgehead atoms. The van der Waals surface area contributed by atoms with Gasteiger partial charge in [0.1, 0.15) is 13.2 Å². The highest BCUT2D eigenvalue weighted by molar-refractivity contribution is 7.99. The van der Waals surface area contributed by atoms with E-state index in [4.69, 9.17) is 9.47 Å². The van der Waals surface area contributed by atoms with Crippen LogP contribution in [0.25, 0.3) is 0 Å². The summed E-state index contributed by atoms with van der Waals surface area (Å²) in [6.07, 6.45) is 1.86. The Hall–Kier alpha value is -1.16. The van der Waals surface area contributed by atoms with Crippen LogP contribution in [0.3, 0.4) is 0 Å². The fourth-order valence-corrected chi connectivity index (χ4v) is 1.88. The fraction of sp³-hybridized carbons (Fsp3) is 0.462. The second kappa shape index (κ2) is 5.00. The molecule has 0 N–H and O–H groups in total. The van der Waals surface area contributed by atoms with Crippen LogP contribution in [0, 0.1) is 0 Å². The van der Waals surface area contributed by atoms with Gasteiger partial charge in [-0.15, -0.1) is 0 Å². The lowest BCUT2D eigenvalue weighted by atomic mass is 10.2. The number of hydrogen-bond acceptors (Lipinski definition) is 4. The van der Waals surface area contributed by atoms with Crippen molar-refractivity contribution in [3.8, 4) is 11.5 Å². The van der Waals surface area contributed by atoms with Crippen LogP contribution in [-0.2, 0) is 0 Å². The van der Waals surface area contributed by atoms with Crippen molar-refractivity contribution in [1.82, 2.24) is 0 Å². The molecule has 0 unspecified atom stereocenters. The zero-order chi connectivity index (χ0) is 12.3. The molecule has 1 aliphatic rings. The first kappa shape index (κ1) is 12.3. The zero-order valence-corrected chi connectivity index (χ0v) is 11.2. The molecule has 4 heteroatoms. The Morgan fingerprint density at radius 3 is 2.59 bits per heavy atom. The van der Waals surface area contributed by atoms with Crippen molar-refractivity contribution in [2.24, 2.45) is 4.40 Å². The van der Waals surface area contributed by atoms with Crippen LogP contribution >= 0.6 is 11.9 Å². The molecule has 0 spiro atoms. The summed E-state index contributed by atoms with van der Waals surface area (Å²) in [5.41, 5.74) is 1.03. The normalized spacial score (nSPS) is 15.2. The molecule has 2 rings (SSSR count). The van der Waals surface area contributed by atoms with Gasteiger partial charge in [0.15, 0.2) is 11.5 Å². The molecule has 1 heterocycles. The first-order valence-electron chi connectivity index (χ1n) is 5.66. The van der Waals surface area contributed by atoms with Crippen LogP contribution in [0.4, 0.5) is 0 Å². The van der Waals surface area contributed by atoms with E-state index in [1.807, 2.05) is 24.4 Å². The predicted octanol–water partition coefficient (Wildman–Crippen LogP) is 3.32. The minimum Gasteiger partial charge on any atom is -0.486 e. The first-order valence-corrected chi connectivity index (χ1v) is 6.43. The highest BCUT2D eigenvalue weighted by Gasteiger charge is 2.11. The number of nitrogens with zero attached hydrogens (tertiary/aromatic N) is 1. The molecule has 0 radical (unpaired) electrons. The maximum absolute atomic E-state index is 5.52. The molecule has 0 fully saturated rings. The standard InChI is InChI=1S/C13H17NO2S/c1-13(2,3)17-14-9-10-4-5-11-12(8-10)16-7-6-15-11/h4-5,8-9H,6-7H2,1-3H3/b14-9+. The van der Waals surface area contributed by atoms with Gasteiger partial charge in [0.25, 0.3) is 0 Å². The number of fused-ring (bicyclic) bond motifs is 1. The van der Waals surface area contributed by atoms with E-state index in [2.05, 4.69) is 25.2 Å². The summed E-state index contributed by atoms with van der Waals surface area (Å²) in [5, 5.41) is 0. The van der Waals surface area contributed by atoms with Crippen molar-refractivity contribution >= 4 is 18.2 Å². The highest BCUT2D eigenvalue weighted by Crippen LogP contribution is 2.30. The van der Waals surface area contributed by atoms with Crippen molar-refractivity contribution in [1.29, 1.82) is 0 Å². The Morgan fingerprint density at radius 2 is 1.88 bits per heavy atom. The van der Waals surface area contributed by atoms with E-state index in [-0.39, 0.29) is 4.75 Å². The van der Waals surface area contributed by atoms with Gasteiger partial charge in [-0.2, -0.15) is 0 Å². The lowest BCUT2D eigenvalue weighted by Crippen LogP contribution is -2.15. The summed E-state index contributed by atoms with van der Waals surface area (Å²) in [7, 11) is 0. The Bertz CT molecular complexity index is 424. The molecule has 17 heavy (non-hydrogen) atoms. The summed E-state index contributed by atoms with van der Waals surface area (Å²) in [4.78, 5) is 0. The van der Waals surface area contributed by atoms with Crippen molar-refractivity contribution in [2.45, 2.75) is 25.5 Å². The molecule has 0 amide bonds. The van der Waals surface area contributed by atoms with Gasteiger partial charge in [-0.3, -0.25) is 0 Å².